The van der Waals surface area contributed by atoms with Gasteiger partial charge in [0.25, 0.3) is 0 Å². The van der Waals surface area contributed by atoms with E-state index in [0.29, 0.717) is 18.9 Å². The normalized spacial score (nSPS) is 22.0. The smallest absolute Gasteiger partial charge is 0.227 e. The molecule has 1 atom stereocenters. The van der Waals surface area contributed by atoms with Crippen molar-refractivity contribution in [2.24, 2.45) is 4.99 Å². The molecule has 1 aromatic heterocycles. The lowest BCUT2D eigenvalue weighted by atomic mass is 10.2. The van der Waals surface area contributed by atoms with E-state index in [1.54, 1.807) is 0 Å². The number of aromatic nitrogens is 2. The molecule has 2 aliphatic rings. The van der Waals surface area contributed by atoms with Crippen molar-refractivity contribution < 1.29 is 4.52 Å². The van der Waals surface area contributed by atoms with Crippen molar-refractivity contribution in [1.82, 2.24) is 14.5 Å². The summed E-state index contributed by atoms with van der Waals surface area (Å²) in [7, 11) is 0. The zero-order chi connectivity index (χ0) is 19.0. The second kappa shape index (κ2) is 7.48. The first kappa shape index (κ1) is 18.8. The Labute approximate surface area is 172 Å². The van der Waals surface area contributed by atoms with Crippen LogP contribution in [0.2, 0.25) is 0 Å². The first-order chi connectivity index (χ1) is 13.0. The molecule has 2 aliphatic heterocycles. The molecule has 1 saturated heterocycles. The zero-order valence-electron chi connectivity index (χ0n) is 14.9. The van der Waals surface area contributed by atoms with Gasteiger partial charge >= 0.3 is 0 Å². The predicted molar refractivity (Wildman–Crippen MR) is 113 cm³/mol. The molecule has 6 nitrogen and oxygen atoms in total. The summed E-state index contributed by atoms with van der Waals surface area (Å²) in [6.07, 6.45) is 0.160. The van der Waals surface area contributed by atoms with Crippen LogP contribution in [0.15, 0.2) is 33.7 Å². The van der Waals surface area contributed by atoms with Crippen molar-refractivity contribution in [3.05, 3.63) is 40.0 Å². The largest absolute Gasteiger partial charge is 0.431 e. The maximum Gasteiger partial charge on any atom is 0.227 e. The second-order valence-corrected chi connectivity index (χ2v) is 11.2. The van der Waals surface area contributed by atoms with E-state index in [9.17, 15) is 0 Å². The van der Waals surface area contributed by atoms with Gasteiger partial charge in [0.2, 0.25) is 12.3 Å². The Kier molecular flexibility index (Phi) is 5.21. The maximum absolute atomic E-state index is 8.99. The third-order valence-corrected chi connectivity index (χ3v) is 9.40. The fourth-order valence-electron chi connectivity index (χ4n) is 3.47. The quantitative estimate of drug-likeness (QED) is 0.640. The van der Waals surface area contributed by atoms with Crippen molar-refractivity contribution >= 4 is 51.2 Å². The van der Waals surface area contributed by atoms with Gasteiger partial charge in [0, 0.05) is 23.1 Å². The van der Waals surface area contributed by atoms with Crippen molar-refractivity contribution in [2.45, 2.75) is 32.7 Å². The van der Waals surface area contributed by atoms with E-state index >= 15 is 0 Å². The number of rotatable bonds is 4. The number of benzene rings is 1. The van der Waals surface area contributed by atoms with Crippen LogP contribution in [0.3, 0.4) is 0 Å². The summed E-state index contributed by atoms with van der Waals surface area (Å²) in [5.41, 5.74) is 1.75. The van der Waals surface area contributed by atoms with Gasteiger partial charge in [-0.3, -0.25) is 0 Å². The van der Waals surface area contributed by atoms with Gasteiger partial charge in [-0.15, -0.1) is 0 Å². The van der Waals surface area contributed by atoms with Crippen LogP contribution in [0.5, 0.6) is 0 Å². The van der Waals surface area contributed by atoms with E-state index in [4.69, 9.17) is 26.6 Å². The molecule has 0 spiro atoms. The zero-order valence-corrected chi connectivity index (χ0v) is 18.2. The van der Waals surface area contributed by atoms with Crippen LogP contribution in [0, 0.1) is 18.3 Å². The predicted octanol–water partition coefficient (Wildman–Crippen LogP) is 4.01. The number of aryl methyl sites for hydroxylation is 2. The van der Waals surface area contributed by atoms with Crippen LogP contribution < -0.4 is 5.30 Å². The fraction of sp³-hybridized carbons (Fsp3) is 0.389. The van der Waals surface area contributed by atoms with Crippen LogP contribution in [-0.2, 0) is 22.9 Å². The minimum atomic E-state index is -2.48. The van der Waals surface area contributed by atoms with E-state index in [1.165, 1.54) is 0 Å². The monoisotopic (exact) mass is 463 g/mol. The molecule has 1 aromatic carbocycles. The molecule has 9 heteroatoms. The lowest BCUT2D eigenvalue weighted by Crippen LogP contribution is -2.30. The molecule has 0 aliphatic carbocycles. The number of aliphatic imine (C=N–C) groups is 1. The minimum absolute atomic E-state index is 0.379. The van der Waals surface area contributed by atoms with E-state index in [-0.39, 0.29) is 0 Å². The van der Waals surface area contributed by atoms with Crippen LogP contribution in [0.25, 0.3) is 0 Å². The second-order valence-electron chi connectivity index (χ2n) is 6.59. The molecule has 0 bridgehead atoms. The molecule has 4 rings (SSSR count). The highest BCUT2D eigenvalue weighted by molar-refractivity contribution is 9.10. The third kappa shape index (κ3) is 3.38. The Balaban J connectivity index is 1.87. The molecule has 0 amide bonds. The minimum Gasteiger partial charge on any atom is -0.431 e. The summed E-state index contributed by atoms with van der Waals surface area (Å²) in [5.74, 6) is 1.30. The number of nitrogens with zero attached hydrogens (tertiary/aromatic N) is 5. The average Bonchev–Trinajstić information content (AvgIpc) is 3.30. The molecule has 0 N–H and O–H groups in total. The van der Waals surface area contributed by atoms with Crippen LogP contribution in [0.4, 0.5) is 5.82 Å². The number of hydrogen-bond donors (Lipinski definition) is 0. The van der Waals surface area contributed by atoms with Crippen molar-refractivity contribution in [3.63, 3.8) is 0 Å². The summed E-state index contributed by atoms with van der Waals surface area (Å²) < 4.78 is 11.6. The first-order valence-corrected chi connectivity index (χ1v) is 12.3. The Morgan fingerprint density at radius 2 is 2.00 bits per heavy atom. The number of hydrogen-bond acceptors (Lipinski definition) is 5. The van der Waals surface area contributed by atoms with E-state index < -0.39 is 6.42 Å². The van der Waals surface area contributed by atoms with Crippen molar-refractivity contribution in [1.29, 1.82) is 5.26 Å². The summed E-state index contributed by atoms with van der Waals surface area (Å²) in [5, 5.41) is 14.6. The SMILES string of the molecule is Cc1nn(CCC#N)c2c1P(=S)(N1CCCC1)OC(c1ccc(Br)cc1)=N2. The molecule has 0 radical (unpaired) electrons. The molecule has 27 heavy (non-hydrogen) atoms. The lowest BCUT2D eigenvalue weighted by molar-refractivity contribution is 0.481. The topological polar surface area (TPSA) is 66.4 Å². The summed E-state index contributed by atoms with van der Waals surface area (Å²) in [6.45, 7) is 4.34. The van der Waals surface area contributed by atoms with E-state index in [2.05, 4.69) is 31.8 Å². The lowest BCUT2D eigenvalue weighted by Gasteiger charge is -2.34. The highest BCUT2D eigenvalue weighted by Gasteiger charge is 2.42. The van der Waals surface area contributed by atoms with Gasteiger partial charge in [-0.25, -0.2) is 9.35 Å². The van der Waals surface area contributed by atoms with Gasteiger partial charge in [-0.1, -0.05) is 15.9 Å². The van der Waals surface area contributed by atoms with Crippen molar-refractivity contribution in [2.75, 3.05) is 13.1 Å². The van der Waals surface area contributed by atoms with Gasteiger partial charge in [0.05, 0.1) is 24.7 Å². The Hall–Kier alpha value is -1.52. The van der Waals surface area contributed by atoms with E-state index in [1.807, 2.05) is 35.9 Å². The highest BCUT2D eigenvalue weighted by Crippen LogP contribution is 2.57. The maximum atomic E-state index is 8.99. The van der Waals surface area contributed by atoms with Gasteiger partial charge in [0.15, 0.2) is 5.82 Å². The summed E-state index contributed by atoms with van der Waals surface area (Å²) in [6, 6.07) is 10.1. The molecular formula is C18H19BrN5OPS. The molecule has 1 unspecified atom stereocenters. The van der Waals surface area contributed by atoms with Crippen molar-refractivity contribution in [3.8, 4) is 6.07 Å². The Morgan fingerprint density at radius 3 is 2.67 bits per heavy atom. The third-order valence-electron chi connectivity index (χ3n) is 4.75. The standard InChI is InChI=1S/C18H19BrN5OPS/c1-13-16-17(24(22-13)12-4-9-20)21-18(14-5-7-15(19)8-6-14)25-26(16,27)23-10-2-3-11-23/h5-8H,2-4,10-12H2,1H3. The van der Waals surface area contributed by atoms with Crippen LogP contribution in [-0.4, -0.2) is 33.4 Å². The molecule has 0 saturated carbocycles. The fourth-order valence-corrected chi connectivity index (χ4v) is 7.62. The molecule has 2 aromatic rings. The Bertz CT molecular complexity index is 988. The molecule has 1 fully saturated rings. The molecule has 3 heterocycles. The highest BCUT2D eigenvalue weighted by atomic mass is 79.9. The summed E-state index contributed by atoms with van der Waals surface area (Å²) >= 11 is 9.66. The molecular weight excluding hydrogens is 445 g/mol. The van der Waals surface area contributed by atoms with Crippen LogP contribution >= 0.6 is 22.3 Å². The number of halogens is 1. The number of nitriles is 1. The van der Waals surface area contributed by atoms with Gasteiger partial charge in [-0.2, -0.15) is 15.4 Å². The van der Waals surface area contributed by atoms with Gasteiger partial charge in [-0.05, 0) is 55.8 Å². The van der Waals surface area contributed by atoms with Gasteiger partial charge in [0.1, 0.15) is 5.30 Å². The Morgan fingerprint density at radius 1 is 1.30 bits per heavy atom. The average molecular weight is 464 g/mol. The first-order valence-electron chi connectivity index (χ1n) is 8.87. The van der Waals surface area contributed by atoms with E-state index in [0.717, 1.165) is 52.8 Å². The molecule has 140 valence electrons. The number of fused-ring (bicyclic) bond motifs is 1. The summed E-state index contributed by atoms with van der Waals surface area (Å²) in [4.78, 5) is 4.79. The van der Waals surface area contributed by atoms with Gasteiger partial charge < -0.3 is 4.52 Å². The van der Waals surface area contributed by atoms with Crippen LogP contribution in [0.1, 0.15) is 30.5 Å².